The van der Waals surface area contributed by atoms with Gasteiger partial charge < -0.3 is 15.0 Å². The fourth-order valence-corrected chi connectivity index (χ4v) is 3.30. The molecule has 106 valence electrons. The van der Waals surface area contributed by atoms with E-state index >= 15 is 0 Å². The van der Waals surface area contributed by atoms with Crippen LogP contribution in [0.25, 0.3) is 0 Å². The Balaban J connectivity index is 1.50. The summed E-state index contributed by atoms with van der Waals surface area (Å²) in [6, 6.07) is 0.656. The summed E-state index contributed by atoms with van der Waals surface area (Å²) in [5, 5.41) is 22.8. The van der Waals surface area contributed by atoms with E-state index in [1.807, 2.05) is 0 Å². The van der Waals surface area contributed by atoms with E-state index in [0.717, 1.165) is 23.9 Å². The average Bonchev–Trinajstić information content (AvgIpc) is 3.20. The van der Waals surface area contributed by atoms with Gasteiger partial charge in [-0.2, -0.15) is 0 Å². The average molecular weight is 282 g/mol. The van der Waals surface area contributed by atoms with E-state index in [1.54, 1.807) is 11.8 Å². The standard InChI is InChI=1S/C13H22N4OS/c18-11(8-14-10-5-6-10)9-19-13-16-15-12-4-2-1-3-7-17(12)13/h10-11,14,18H,1-9H2. The largest absolute Gasteiger partial charge is 0.391 e. The van der Waals surface area contributed by atoms with Crippen LogP contribution >= 0.6 is 11.8 Å². The molecule has 5 nitrogen and oxygen atoms in total. The van der Waals surface area contributed by atoms with Crippen LogP contribution in [-0.4, -0.2) is 44.3 Å². The Bertz CT molecular complexity index is 419. The van der Waals surface area contributed by atoms with Crippen molar-refractivity contribution in [2.45, 2.75) is 62.4 Å². The molecule has 1 aromatic rings. The highest BCUT2D eigenvalue weighted by atomic mass is 32.2. The van der Waals surface area contributed by atoms with E-state index in [2.05, 4.69) is 20.1 Å². The molecule has 1 atom stereocenters. The topological polar surface area (TPSA) is 63.0 Å². The quantitative estimate of drug-likeness (QED) is 0.768. The number of aryl methyl sites for hydroxylation is 1. The molecule has 0 amide bonds. The molecule has 0 saturated heterocycles. The van der Waals surface area contributed by atoms with Gasteiger partial charge in [-0.3, -0.25) is 0 Å². The van der Waals surface area contributed by atoms with E-state index < -0.39 is 0 Å². The van der Waals surface area contributed by atoms with Gasteiger partial charge in [-0.1, -0.05) is 18.2 Å². The summed E-state index contributed by atoms with van der Waals surface area (Å²) in [7, 11) is 0. The highest BCUT2D eigenvalue weighted by molar-refractivity contribution is 7.99. The smallest absolute Gasteiger partial charge is 0.191 e. The molecule has 1 saturated carbocycles. The first-order chi connectivity index (χ1) is 9.33. The Morgan fingerprint density at radius 2 is 2.21 bits per heavy atom. The third kappa shape index (κ3) is 3.70. The Kier molecular flexibility index (Phi) is 4.40. The molecule has 2 heterocycles. The first-order valence-corrected chi connectivity index (χ1v) is 8.28. The lowest BCUT2D eigenvalue weighted by molar-refractivity contribution is 0.195. The number of aromatic nitrogens is 3. The van der Waals surface area contributed by atoms with E-state index in [0.29, 0.717) is 18.3 Å². The van der Waals surface area contributed by atoms with Crippen LogP contribution in [0.2, 0.25) is 0 Å². The SMILES string of the molecule is OC(CNC1CC1)CSc1nnc2n1CCCCC2. The molecule has 0 spiro atoms. The van der Waals surface area contributed by atoms with Gasteiger partial charge >= 0.3 is 0 Å². The third-order valence-corrected chi connectivity index (χ3v) is 4.81. The van der Waals surface area contributed by atoms with Gasteiger partial charge in [0, 0.05) is 31.3 Å². The van der Waals surface area contributed by atoms with Gasteiger partial charge in [0.2, 0.25) is 0 Å². The number of aliphatic hydroxyl groups excluding tert-OH is 1. The number of nitrogens with one attached hydrogen (secondary N) is 1. The third-order valence-electron chi connectivity index (χ3n) is 3.70. The molecular weight excluding hydrogens is 260 g/mol. The van der Waals surface area contributed by atoms with Crippen LogP contribution < -0.4 is 5.32 Å². The highest BCUT2D eigenvalue weighted by Gasteiger charge is 2.22. The maximum Gasteiger partial charge on any atom is 0.191 e. The fourth-order valence-electron chi connectivity index (χ4n) is 2.38. The number of hydrogen-bond donors (Lipinski definition) is 2. The van der Waals surface area contributed by atoms with Gasteiger partial charge in [-0.05, 0) is 25.7 Å². The van der Waals surface area contributed by atoms with Crippen molar-refractivity contribution in [3.05, 3.63) is 5.82 Å². The summed E-state index contributed by atoms with van der Waals surface area (Å²) in [6.07, 6.45) is 6.97. The van der Waals surface area contributed by atoms with Crippen LogP contribution in [0.1, 0.15) is 37.9 Å². The van der Waals surface area contributed by atoms with Crippen molar-refractivity contribution in [2.75, 3.05) is 12.3 Å². The monoisotopic (exact) mass is 282 g/mol. The van der Waals surface area contributed by atoms with Crippen molar-refractivity contribution in [1.29, 1.82) is 0 Å². The van der Waals surface area contributed by atoms with E-state index in [1.165, 1.54) is 32.1 Å². The molecule has 2 aliphatic rings. The predicted octanol–water partition coefficient (Wildman–Crippen LogP) is 1.21. The lowest BCUT2D eigenvalue weighted by atomic mass is 10.2. The van der Waals surface area contributed by atoms with Gasteiger partial charge in [0.25, 0.3) is 0 Å². The van der Waals surface area contributed by atoms with Crippen molar-refractivity contribution < 1.29 is 5.11 Å². The molecule has 0 radical (unpaired) electrons. The summed E-state index contributed by atoms with van der Waals surface area (Å²) in [6.45, 7) is 1.72. The van der Waals surface area contributed by atoms with Crippen LogP contribution in [0.15, 0.2) is 5.16 Å². The normalized spacial score (nSPS) is 20.9. The Labute approximate surface area is 118 Å². The molecule has 1 unspecified atom stereocenters. The van der Waals surface area contributed by atoms with Crippen LogP contribution in [0.5, 0.6) is 0 Å². The summed E-state index contributed by atoms with van der Waals surface area (Å²) >= 11 is 1.63. The highest BCUT2D eigenvalue weighted by Crippen LogP contribution is 2.22. The van der Waals surface area contributed by atoms with Crippen molar-refractivity contribution >= 4 is 11.8 Å². The van der Waals surface area contributed by atoms with Crippen molar-refractivity contribution in [3.8, 4) is 0 Å². The summed E-state index contributed by atoms with van der Waals surface area (Å²) in [5.74, 6) is 1.81. The van der Waals surface area contributed by atoms with Crippen LogP contribution in [-0.2, 0) is 13.0 Å². The molecule has 1 aromatic heterocycles. The minimum atomic E-state index is -0.302. The van der Waals surface area contributed by atoms with Crippen molar-refractivity contribution in [2.24, 2.45) is 0 Å². The number of fused-ring (bicyclic) bond motifs is 1. The van der Waals surface area contributed by atoms with E-state index in [-0.39, 0.29) is 6.10 Å². The lowest BCUT2D eigenvalue weighted by Gasteiger charge is -2.11. The zero-order valence-electron chi connectivity index (χ0n) is 11.2. The molecule has 3 rings (SSSR count). The second-order valence-corrected chi connectivity index (χ2v) is 6.50. The second-order valence-electron chi connectivity index (χ2n) is 5.51. The zero-order chi connectivity index (χ0) is 13.1. The number of hydrogen-bond acceptors (Lipinski definition) is 5. The Hall–Kier alpha value is -0.590. The summed E-state index contributed by atoms with van der Waals surface area (Å²) in [5.41, 5.74) is 0. The van der Waals surface area contributed by atoms with E-state index in [9.17, 15) is 5.11 Å². The van der Waals surface area contributed by atoms with Crippen LogP contribution in [0.4, 0.5) is 0 Å². The number of aliphatic hydroxyl groups is 1. The van der Waals surface area contributed by atoms with Gasteiger partial charge in [0.05, 0.1) is 6.10 Å². The van der Waals surface area contributed by atoms with Gasteiger partial charge in [0.1, 0.15) is 5.82 Å². The molecule has 6 heteroatoms. The minimum Gasteiger partial charge on any atom is -0.391 e. The maximum atomic E-state index is 9.94. The molecule has 19 heavy (non-hydrogen) atoms. The number of nitrogens with zero attached hydrogens (tertiary/aromatic N) is 3. The zero-order valence-corrected chi connectivity index (χ0v) is 12.0. The molecule has 0 aromatic carbocycles. The molecular formula is C13H22N4OS. The van der Waals surface area contributed by atoms with Crippen molar-refractivity contribution in [3.63, 3.8) is 0 Å². The fraction of sp³-hybridized carbons (Fsp3) is 0.846. The van der Waals surface area contributed by atoms with E-state index in [4.69, 9.17) is 0 Å². The summed E-state index contributed by atoms with van der Waals surface area (Å²) in [4.78, 5) is 0. The maximum absolute atomic E-state index is 9.94. The van der Waals surface area contributed by atoms with Gasteiger partial charge in [-0.25, -0.2) is 0 Å². The Morgan fingerprint density at radius 3 is 3.05 bits per heavy atom. The second kappa shape index (κ2) is 6.24. The Morgan fingerprint density at radius 1 is 1.32 bits per heavy atom. The molecule has 0 bridgehead atoms. The molecule has 2 N–H and O–H groups in total. The summed E-state index contributed by atoms with van der Waals surface area (Å²) < 4.78 is 2.23. The predicted molar refractivity (Wildman–Crippen MR) is 75.3 cm³/mol. The van der Waals surface area contributed by atoms with Crippen LogP contribution in [0.3, 0.4) is 0 Å². The number of thioether (sulfide) groups is 1. The lowest BCUT2D eigenvalue weighted by Crippen LogP contribution is -2.30. The minimum absolute atomic E-state index is 0.302. The first kappa shape index (κ1) is 13.4. The van der Waals surface area contributed by atoms with Gasteiger partial charge in [-0.15, -0.1) is 10.2 Å². The van der Waals surface area contributed by atoms with Crippen LogP contribution in [0, 0.1) is 0 Å². The molecule has 1 aliphatic carbocycles. The molecule has 1 fully saturated rings. The van der Waals surface area contributed by atoms with Gasteiger partial charge in [0.15, 0.2) is 5.16 Å². The molecule has 1 aliphatic heterocycles. The number of rotatable bonds is 6. The van der Waals surface area contributed by atoms with Crippen molar-refractivity contribution in [1.82, 2.24) is 20.1 Å². The first-order valence-electron chi connectivity index (χ1n) is 7.29.